The Hall–Kier alpha value is -0.340. The summed E-state index contributed by atoms with van der Waals surface area (Å²) >= 11 is 0. The first kappa shape index (κ1) is 16.7. The third-order valence-electron chi connectivity index (χ3n) is 3.81. The Bertz CT molecular complexity index is 237. The van der Waals surface area contributed by atoms with Gasteiger partial charge in [0.2, 0.25) is 0 Å². The monoisotopic (exact) mass is 267 g/mol. The van der Waals surface area contributed by atoms with Gasteiger partial charge in [0.25, 0.3) is 0 Å². The summed E-state index contributed by atoms with van der Waals surface area (Å²) in [5.74, 6) is 0. The molecule has 1 aliphatic rings. The van der Waals surface area contributed by atoms with Gasteiger partial charge in [-0.25, -0.2) is 0 Å². The predicted octanol–water partition coefficient (Wildman–Crippen LogP) is 4.45. The Morgan fingerprint density at radius 2 is 1.95 bits per heavy atom. The van der Waals surface area contributed by atoms with Gasteiger partial charge in [0.05, 0.1) is 0 Å². The van der Waals surface area contributed by atoms with Gasteiger partial charge in [0.15, 0.2) is 0 Å². The fourth-order valence-corrected chi connectivity index (χ4v) is 2.72. The lowest BCUT2D eigenvalue weighted by atomic mass is 9.93. The second-order valence-corrected chi connectivity index (χ2v) is 5.64. The Labute approximate surface area is 120 Å². The molecule has 0 bridgehead atoms. The number of ether oxygens (including phenoxy) is 1. The van der Waals surface area contributed by atoms with E-state index >= 15 is 0 Å². The minimum atomic E-state index is 0.551. The van der Waals surface area contributed by atoms with E-state index in [2.05, 4.69) is 25.2 Å². The van der Waals surface area contributed by atoms with Crippen LogP contribution < -0.4 is 5.32 Å². The summed E-state index contributed by atoms with van der Waals surface area (Å²) in [7, 11) is 0. The lowest BCUT2D eigenvalue weighted by Gasteiger charge is -2.23. The molecule has 0 aliphatic heterocycles. The van der Waals surface area contributed by atoms with Gasteiger partial charge in [-0.05, 0) is 51.5 Å². The second kappa shape index (κ2) is 11.5. The fraction of sp³-hybridized carbons (Fsp3) is 0.882. The summed E-state index contributed by atoms with van der Waals surface area (Å²) in [5.41, 5.74) is 1.65. The van der Waals surface area contributed by atoms with Gasteiger partial charge in [-0.2, -0.15) is 0 Å². The van der Waals surface area contributed by atoms with Gasteiger partial charge in [-0.1, -0.05) is 38.3 Å². The zero-order chi connectivity index (χ0) is 13.8. The minimum Gasteiger partial charge on any atom is -0.381 e. The van der Waals surface area contributed by atoms with Crippen LogP contribution in [-0.2, 0) is 4.74 Å². The Morgan fingerprint density at radius 3 is 2.74 bits per heavy atom. The van der Waals surface area contributed by atoms with Crippen molar-refractivity contribution in [2.24, 2.45) is 0 Å². The highest BCUT2D eigenvalue weighted by Gasteiger charge is 2.14. The van der Waals surface area contributed by atoms with E-state index < -0.39 is 0 Å². The van der Waals surface area contributed by atoms with Crippen molar-refractivity contribution in [3.8, 4) is 0 Å². The van der Waals surface area contributed by atoms with Crippen molar-refractivity contribution in [3.63, 3.8) is 0 Å². The van der Waals surface area contributed by atoms with E-state index in [0.29, 0.717) is 6.04 Å². The summed E-state index contributed by atoms with van der Waals surface area (Å²) in [6, 6.07) is 0.551. The molecule has 1 aliphatic carbocycles. The van der Waals surface area contributed by atoms with Crippen molar-refractivity contribution in [3.05, 3.63) is 11.6 Å². The van der Waals surface area contributed by atoms with Crippen molar-refractivity contribution in [2.45, 2.75) is 77.7 Å². The van der Waals surface area contributed by atoms with Gasteiger partial charge in [0.1, 0.15) is 0 Å². The number of hydrogen-bond acceptors (Lipinski definition) is 2. The number of allylic oxidation sites excluding steroid dienone is 1. The molecule has 0 amide bonds. The Kier molecular flexibility index (Phi) is 10.1. The SMILES string of the molecule is CCCNC(CCOCCC)C1=CCCCCCC1. The molecule has 2 nitrogen and oxygen atoms in total. The molecule has 0 fully saturated rings. The molecule has 1 N–H and O–H groups in total. The molecule has 1 atom stereocenters. The first-order valence-electron chi connectivity index (χ1n) is 8.38. The molecule has 0 spiro atoms. The predicted molar refractivity (Wildman–Crippen MR) is 83.6 cm³/mol. The van der Waals surface area contributed by atoms with Crippen LogP contribution in [0.4, 0.5) is 0 Å². The molecule has 0 saturated heterocycles. The average molecular weight is 267 g/mol. The third-order valence-corrected chi connectivity index (χ3v) is 3.81. The maximum Gasteiger partial charge on any atom is 0.0484 e. The van der Waals surface area contributed by atoms with Crippen LogP contribution >= 0.6 is 0 Å². The smallest absolute Gasteiger partial charge is 0.0484 e. The molecule has 0 saturated carbocycles. The quantitative estimate of drug-likeness (QED) is 0.492. The summed E-state index contributed by atoms with van der Waals surface area (Å²) in [4.78, 5) is 0. The van der Waals surface area contributed by atoms with Crippen LogP contribution in [-0.4, -0.2) is 25.8 Å². The third kappa shape index (κ3) is 7.74. The molecule has 0 aromatic heterocycles. The average Bonchev–Trinajstić information content (AvgIpc) is 2.38. The summed E-state index contributed by atoms with van der Waals surface area (Å²) in [6.45, 7) is 7.33. The van der Waals surface area contributed by atoms with Crippen LogP contribution in [0.2, 0.25) is 0 Å². The van der Waals surface area contributed by atoms with Crippen molar-refractivity contribution in [1.82, 2.24) is 5.32 Å². The van der Waals surface area contributed by atoms with Crippen LogP contribution in [0.5, 0.6) is 0 Å². The maximum atomic E-state index is 5.67. The van der Waals surface area contributed by atoms with Gasteiger partial charge in [-0.15, -0.1) is 0 Å². The van der Waals surface area contributed by atoms with Crippen LogP contribution in [0.1, 0.15) is 71.6 Å². The maximum absolute atomic E-state index is 5.67. The van der Waals surface area contributed by atoms with Crippen LogP contribution in [0, 0.1) is 0 Å². The van der Waals surface area contributed by atoms with Crippen molar-refractivity contribution in [1.29, 1.82) is 0 Å². The zero-order valence-corrected chi connectivity index (χ0v) is 13.0. The van der Waals surface area contributed by atoms with Crippen LogP contribution in [0.3, 0.4) is 0 Å². The summed E-state index contributed by atoms with van der Waals surface area (Å²) in [6.07, 6.45) is 14.1. The molecule has 0 aromatic rings. The van der Waals surface area contributed by atoms with Gasteiger partial charge >= 0.3 is 0 Å². The highest BCUT2D eigenvalue weighted by Crippen LogP contribution is 2.21. The molecular weight excluding hydrogens is 234 g/mol. The van der Waals surface area contributed by atoms with E-state index in [1.165, 1.54) is 44.9 Å². The number of hydrogen-bond donors (Lipinski definition) is 1. The molecule has 0 radical (unpaired) electrons. The molecule has 112 valence electrons. The molecule has 19 heavy (non-hydrogen) atoms. The largest absolute Gasteiger partial charge is 0.381 e. The molecule has 0 aromatic carbocycles. The van der Waals surface area contributed by atoms with Crippen LogP contribution in [0.25, 0.3) is 0 Å². The number of rotatable bonds is 9. The van der Waals surface area contributed by atoms with Gasteiger partial charge < -0.3 is 10.1 Å². The molecule has 0 heterocycles. The standard InChI is InChI=1S/C17H33NO/c1-3-13-18-17(12-15-19-14-4-2)16-10-8-6-5-7-9-11-16/h10,17-18H,3-9,11-15H2,1-2H3. The van der Waals surface area contributed by atoms with E-state index in [0.717, 1.165) is 32.6 Å². The Balaban J connectivity index is 2.44. The highest BCUT2D eigenvalue weighted by molar-refractivity contribution is 5.11. The van der Waals surface area contributed by atoms with Crippen molar-refractivity contribution in [2.75, 3.05) is 19.8 Å². The van der Waals surface area contributed by atoms with E-state index in [-0.39, 0.29) is 0 Å². The number of nitrogens with one attached hydrogen (secondary N) is 1. The van der Waals surface area contributed by atoms with Gasteiger partial charge in [-0.3, -0.25) is 0 Å². The molecule has 2 heteroatoms. The summed E-state index contributed by atoms with van der Waals surface area (Å²) in [5, 5.41) is 3.72. The Morgan fingerprint density at radius 1 is 1.11 bits per heavy atom. The molecular formula is C17H33NO. The van der Waals surface area contributed by atoms with E-state index in [1.54, 1.807) is 5.57 Å². The molecule has 1 unspecified atom stereocenters. The first-order chi connectivity index (χ1) is 9.38. The van der Waals surface area contributed by atoms with E-state index in [4.69, 9.17) is 4.74 Å². The first-order valence-corrected chi connectivity index (χ1v) is 8.38. The van der Waals surface area contributed by atoms with E-state index in [1.807, 2.05) is 0 Å². The lowest BCUT2D eigenvalue weighted by Crippen LogP contribution is -2.33. The topological polar surface area (TPSA) is 21.3 Å². The zero-order valence-electron chi connectivity index (χ0n) is 13.0. The molecule has 1 rings (SSSR count). The van der Waals surface area contributed by atoms with E-state index in [9.17, 15) is 0 Å². The highest BCUT2D eigenvalue weighted by atomic mass is 16.5. The lowest BCUT2D eigenvalue weighted by molar-refractivity contribution is 0.127. The minimum absolute atomic E-state index is 0.551. The van der Waals surface area contributed by atoms with Crippen molar-refractivity contribution < 1.29 is 4.74 Å². The van der Waals surface area contributed by atoms with Crippen LogP contribution in [0.15, 0.2) is 11.6 Å². The van der Waals surface area contributed by atoms with Crippen molar-refractivity contribution >= 4 is 0 Å². The summed E-state index contributed by atoms with van der Waals surface area (Å²) < 4.78 is 5.67. The second-order valence-electron chi connectivity index (χ2n) is 5.64. The normalized spacial score (nSPS) is 18.5. The fourth-order valence-electron chi connectivity index (χ4n) is 2.72. The van der Waals surface area contributed by atoms with Gasteiger partial charge in [0, 0.05) is 19.3 Å².